The van der Waals surface area contributed by atoms with Gasteiger partial charge >= 0.3 is 0 Å². The SMILES string of the molecule is CCC(C)NC(=O)c1ccccc1NC(=O)COc1ccc(Cl)cc1. The van der Waals surface area contributed by atoms with Gasteiger partial charge in [0.1, 0.15) is 5.75 Å². The molecule has 0 saturated heterocycles. The minimum absolute atomic E-state index is 0.0597. The summed E-state index contributed by atoms with van der Waals surface area (Å²) in [5.74, 6) is -0.0232. The van der Waals surface area contributed by atoms with E-state index in [1.165, 1.54) is 0 Å². The Balaban J connectivity index is 1.98. The second kappa shape index (κ2) is 9.08. The van der Waals surface area contributed by atoms with E-state index in [0.29, 0.717) is 22.0 Å². The first kappa shape index (κ1) is 18.8. The summed E-state index contributed by atoms with van der Waals surface area (Å²) >= 11 is 5.80. The topological polar surface area (TPSA) is 67.4 Å². The standard InChI is InChI=1S/C19H21ClN2O3/c1-3-13(2)21-19(24)16-6-4-5-7-17(16)22-18(23)12-25-15-10-8-14(20)9-11-15/h4-11,13H,3,12H2,1-2H3,(H,21,24)(H,22,23). The highest BCUT2D eigenvalue weighted by molar-refractivity contribution is 6.30. The van der Waals surface area contributed by atoms with E-state index >= 15 is 0 Å². The molecule has 2 aromatic carbocycles. The Hall–Kier alpha value is -2.53. The third-order valence-corrected chi connectivity index (χ3v) is 3.87. The third kappa shape index (κ3) is 5.80. The van der Waals surface area contributed by atoms with E-state index in [1.807, 2.05) is 13.8 Å². The van der Waals surface area contributed by atoms with E-state index in [-0.39, 0.29) is 24.5 Å². The number of halogens is 1. The number of para-hydroxylation sites is 1. The van der Waals surface area contributed by atoms with E-state index in [1.54, 1.807) is 48.5 Å². The van der Waals surface area contributed by atoms with Crippen LogP contribution >= 0.6 is 11.6 Å². The zero-order chi connectivity index (χ0) is 18.2. The molecule has 6 heteroatoms. The summed E-state index contributed by atoms with van der Waals surface area (Å²) in [6, 6.07) is 13.7. The summed E-state index contributed by atoms with van der Waals surface area (Å²) in [6.07, 6.45) is 0.829. The molecule has 0 bridgehead atoms. The van der Waals surface area contributed by atoms with E-state index in [4.69, 9.17) is 16.3 Å². The summed E-state index contributed by atoms with van der Waals surface area (Å²) in [7, 11) is 0. The summed E-state index contributed by atoms with van der Waals surface area (Å²) in [6.45, 7) is 3.76. The first-order chi connectivity index (χ1) is 12.0. The van der Waals surface area contributed by atoms with E-state index in [0.717, 1.165) is 6.42 Å². The predicted octanol–water partition coefficient (Wildman–Crippen LogP) is 3.89. The number of hydrogen-bond donors (Lipinski definition) is 2. The van der Waals surface area contributed by atoms with Crippen molar-refractivity contribution in [3.8, 4) is 5.75 Å². The maximum atomic E-state index is 12.3. The predicted molar refractivity (Wildman–Crippen MR) is 99.2 cm³/mol. The molecule has 0 aliphatic rings. The van der Waals surface area contributed by atoms with Gasteiger partial charge in [-0.1, -0.05) is 30.7 Å². The minimum Gasteiger partial charge on any atom is -0.484 e. The number of nitrogens with one attached hydrogen (secondary N) is 2. The molecule has 5 nitrogen and oxygen atoms in total. The summed E-state index contributed by atoms with van der Waals surface area (Å²) in [4.78, 5) is 24.4. The van der Waals surface area contributed by atoms with Crippen LogP contribution in [0.2, 0.25) is 5.02 Å². The van der Waals surface area contributed by atoms with E-state index in [9.17, 15) is 9.59 Å². The second-order valence-corrected chi connectivity index (χ2v) is 6.06. The maximum absolute atomic E-state index is 12.3. The normalized spacial score (nSPS) is 11.5. The van der Waals surface area contributed by atoms with Crippen molar-refractivity contribution >= 4 is 29.1 Å². The van der Waals surface area contributed by atoms with Crippen molar-refractivity contribution in [1.82, 2.24) is 5.32 Å². The lowest BCUT2D eigenvalue weighted by Crippen LogP contribution is -2.33. The number of rotatable bonds is 7. The molecule has 0 spiro atoms. The molecule has 0 aromatic heterocycles. The summed E-state index contributed by atoms with van der Waals surface area (Å²) in [5.41, 5.74) is 0.871. The highest BCUT2D eigenvalue weighted by Crippen LogP contribution is 2.17. The van der Waals surface area contributed by atoms with Crippen molar-refractivity contribution in [3.05, 3.63) is 59.1 Å². The molecule has 0 radical (unpaired) electrons. The Morgan fingerprint density at radius 2 is 1.80 bits per heavy atom. The Morgan fingerprint density at radius 3 is 2.48 bits per heavy atom. The van der Waals surface area contributed by atoms with Crippen LogP contribution in [0.25, 0.3) is 0 Å². The van der Waals surface area contributed by atoms with Crippen LogP contribution in [0.4, 0.5) is 5.69 Å². The highest BCUT2D eigenvalue weighted by Gasteiger charge is 2.14. The van der Waals surface area contributed by atoms with Crippen LogP contribution < -0.4 is 15.4 Å². The molecule has 2 rings (SSSR count). The minimum atomic E-state index is -0.348. The van der Waals surface area contributed by atoms with Crippen molar-refractivity contribution < 1.29 is 14.3 Å². The number of carbonyl (C=O) groups is 2. The van der Waals surface area contributed by atoms with Crippen molar-refractivity contribution in [3.63, 3.8) is 0 Å². The molecule has 132 valence electrons. The molecular weight excluding hydrogens is 340 g/mol. The molecule has 2 N–H and O–H groups in total. The molecule has 1 unspecified atom stereocenters. The fourth-order valence-corrected chi connectivity index (χ4v) is 2.19. The van der Waals surface area contributed by atoms with Crippen LogP contribution in [-0.2, 0) is 4.79 Å². The van der Waals surface area contributed by atoms with Crippen molar-refractivity contribution in [2.45, 2.75) is 26.3 Å². The highest BCUT2D eigenvalue weighted by atomic mass is 35.5. The molecule has 0 fully saturated rings. The number of ether oxygens (including phenoxy) is 1. The van der Waals surface area contributed by atoms with Gasteiger partial charge in [0.05, 0.1) is 11.3 Å². The molecule has 1 atom stereocenters. The second-order valence-electron chi connectivity index (χ2n) is 5.62. The van der Waals surface area contributed by atoms with Crippen LogP contribution in [0.5, 0.6) is 5.75 Å². The largest absolute Gasteiger partial charge is 0.484 e. The smallest absolute Gasteiger partial charge is 0.262 e. The van der Waals surface area contributed by atoms with Crippen LogP contribution in [-0.4, -0.2) is 24.5 Å². The van der Waals surface area contributed by atoms with Crippen molar-refractivity contribution in [1.29, 1.82) is 0 Å². The Bertz CT molecular complexity index is 732. The van der Waals surface area contributed by atoms with E-state index in [2.05, 4.69) is 10.6 Å². The zero-order valence-electron chi connectivity index (χ0n) is 14.2. The van der Waals surface area contributed by atoms with Crippen LogP contribution in [0.3, 0.4) is 0 Å². The molecule has 2 amide bonds. The van der Waals surface area contributed by atoms with Gasteiger partial charge in [0, 0.05) is 11.1 Å². The molecule has 25 heavy (non-hydrogen) atoms. The average Bonchev–Trinajstić information content (AvgIpc) is 2.61. The summed E-state index contributed by atoms with van der Waals surface area (Å²) < 4.78 is 5.41. The Morgan fingerprint density at radius 1 is 1.12 bits per heavy atom. The average molecular weight is 361 g/mol. The first-order valence-electron chi connectivity index (χ1n) is 8.07. The Labute approximate surface area is 152 Å². The summed E-state index contributed by atoms with van der Waals surface area (Å²) in [5, 5.41) is 6.20. The van der Waals surface area contributed by atoms with Gasteiger partial charge in [0.25, 0.3) is 11.8 Å². The molecule has 0 heterocycles. The fraction of sp³-hybridized carbons (Fsp3) is 0.263. The number of carbonyl (C=O) groups excluding carboxylic acids is 2. The Kier molecular flexibility index (Phi) is 6.83. The zero-order valence-corrected chi connectivity index (χ0v) is 15.0. The fourth-order valence-electron chi connectivity index (χ4n) is 2.06. The van der Waals surface area contributed by atoms with Gasteiger partial charge in [-0.25, -0.2) is 0 Å². The first-order valence-corrected chi connectivity index (χ1v) is 8.45. The number of benzene rings is 2. The van der Waals surface area contributed by atoms with Crippen molar-refractivity contribution in [2.24, 2.45) is 0 Å². The molecule has 2 aromatic rings. The molecule has 0 saturated carbocycles. The monoisotopic (exact) mass is 360 g/mol. The number of hydrogen-bond acceptors (Lipinski definition) is 3. The lowest BCUT2D eigenvalue weighted by atomic mass is 10.1. The lowest BCUT2D eigenvalue weighted by molar-refractivity contribution is -0.118. The van der Waals surface area contributed by atoms with Gasteiger partial charge < -0.3 is 15.4 Å². The number of amides is 2. The molecular formula is C19H21ClN2O3. The van der Waals surface area contributed by atoms with Crippen LogP contribution in [0, 0.1) is 0 Å². The van der Waals surface area contributed by atoms with Gasteiger partial charge in [-0.05, 0) is 49.7 Å². The van der Waals surface area contributed by atoms with Gasteiger partial charge in [0.2, 0.25) is 0 Å². The third-order valence-electron chi connectivity index (χ3n) is 3.62. The number of anilines is 1. The van der Waals surface area contributed by atoms with Crippen LogP contribution in [0.1, 0.15) is 30.6 Å². The molecule has 0 aliphatic heterocycles. The van der Waals surface area contributed by atoms with Gasteiger partial charge in [-0.3, -0.25) is 9.59 Å². The molecule has 0 aliphatic carbocycles. The van der Waals surface area contributed by atoms with Gasteiger partial charge in [0.15, 0.2) is 6.61 Å². The van der Waals surface area contributed by atoms with E-state index < -0.39 is 0 Å². The van der Waals surface area contributed by atoms with Gasteiger partial charge in [-0.2, -0.15) is 0 Å². The maximum Gasteiger partial charge on any atom is 0.262 e. The quantitative estimate of drug-likeness (QED) is 0.787. The lowest BCUT2D eigenvalue weighted by Gasteiger charge is -2.15. The van der Waals surface area contributed by atoms with Crippen LogP contribution in [0.15, 0.2) is 48.5 Å². The van der Waals surface area contributed by atoms with Gasteiger partial charge in [-0.15, -0.1) is 0 Å². The van der Waals surface area contributed by atoms with Crippen molar-refractivity contribution in [2.75, 3.05) is 11.9 Å².